The fourth-order valence-electron chi connectivity index (χ4n) is 2.28. The molecule has 6 nitrogen and oxygen atoms in total. The van der Waals surface area contributed by atoms with Crippen LogP contribution in [0.5, 0.6) is 11.5 Å². The molecule has 0 aliphatic heterocycles. The van der Waals surface area contributed by atoms with Crippen molar-refractivity contribution in [2.75, 3.05) is 12.4 Å². The lowest BCUT2D eigenvalue weighted by molar-refractivity contribution is -0.123. The van der Waals surface area contributed by atoms with Crippen LogP contribution in [0.25, 0.3) is 0 Å². The molecule has 2 aromatic carbocycles. The van der Waals surface area contributed by atoms with E-state index in [1.807, 2.05) is 0 Å². The van der Waals surface area contributed by atoms with E-state index < -0.39 is 24.6 Å². The highest BCUT2D eigenvalue weighted by Gasteiger charge is 2.23. The Labute approximate surface area is 165 Å². The number of halogens is 3. The third-order valence-corrected chi connectivity index (χ3v) is 4.12. The monoisotopic (exact) mass is 413 g/mol. The number of benzene rings is 2. The van der Waals surface area contributed by atoms with E-state index in [2.05, 4.69) is 10.1 Å². The number of ether oxygens (including phenoxy) is 3. The summed E-state index contributed by atoms with van der Waals surface area (Å²) in [5.41, 5.74) is 0.835. The first-order valence-electron chi connectivity index (χ1n) is 8.12. The smallest absolute Gasteiger partial charge is 0.387 e. The maximum absolute atomic E-state index is 12.5. The first-order chi connectivity index (χ1) is 13.2. The highest BCUT2D eigenvalue weighted by atomic mass is 35.5. The Kier molecular flexibility index (Phi) is 7.17. The average molecular weight is 414 g/mol. The van der Waals surface area contributed by atoms with Crippen LogP contribution in [0, 0.1) is 6.92 Å². The quantitative estimate of drug-likeness (QED) is 0.679. The highest BCUT2D eigenvalue weighted by molar-refractivity contribution is 6.31. The van der Waals surface area contributed by atoms with Crippen molar-refractivity contribution in [3.8, 4) is 11.5 Å². The van der Waals surface area contributed by atoms with Crippen LogP contribution in [-0.4, -0.2) is 31.7 Å². The van der Waals surface area contributed by atoms with Gasteiger partial charge >= 0.3 is 12.6 Å². The number of para-hydroxylation sites is 1. The van der Waals surface area contributed by atoms with Crippen LogP contribution < -0.4 is 14.8 Å². The van der Waals surface area contributed by atoms with Crippen LogP contribution in [-0.2, 0) is 9.53 Å². The molecular formula is C19H18ClF2NO5. The topological polar surface area (TPSA) is 73.9 Å². The fraction of sp³-hybridized carbons (Fsp3) is 0.263. The molecule has 2 rings (SSSR count). The Hall–Kier alpha value is -2.87. The van der Waals surface area contributed by atoms with Crippen molar-refractivity contribution < 1.29 is 32.6 Å². The molecule has 0 radical (unpaired) electrons. The second kappa shape index (κ2) is 9.36. The number of methoxy groups -OCH3 is 1. The first-order valence-corrected chi connectivity index (χ1v) is 8.50. The summed E-state index contributed by atoms with van der Waals surface area (Å²) < 4.78 is 39.5. The number of carbonyl (C=O) groups is 2. The predicted octanol–water partition coefficient (Wildman–Crippen LogP) is 4.44. The second-order valence-corrected chi connectivity index (χ2v) is 6.12. The van der Waals surface area contributed by atoms with Gasteiger partial charge in [-0.1, -0.05) is 23.7 Å². The molecule has 0 fully saturated rings. The van der Waals surface area contributed by atoms with Crippen molar-refractivity contribution >= 4 is 29.2 Å². The molecule has 2 aromatic rings. The van der Waals surface area contributed by atoms with Crippen LogP contribution in [0.2, 0.25) is 5.02 Å². The molecule has 0 saturated carbocycles. The third-order valence-electron chi connectivity index (χ3n) is 3.71. The van der Waals surface area contributed by atoms with Crippen LogP contribution >= 0.6 is 11.6 Å². The van der Waals surface area contributed by atoms with E-state index in [1.54, 1.807) is 19.1 Å². The molecule has 28 heavy (non-hydrogen) atoms. The Morgan fingerprint density at radius 2 is 1.82 bits per heavy atom. The van der Waals surface area contributed by atoms with Crippen molar-refractivity contribution in [3.63, 3.8) is 0 Å². The lowest BCUT2D eigenvalue weighted by Crippen LogP contribution is -2.30. The molecule has 0 spiro atoms. The zero-order valence-corrected chi connectivity index (χ0v) is 16.0. The maximum atomic E-state index is 12.5. The zero-order valence-electron chi connectivity index (χ0n) is 15.3. The summed E-state index contributed by atoms with van der Waals surface area (Å²) in [4.78, 5) is 24.6. The van der Waals surface area contributed by atoms with Crippen LogP contribution in [0.15, 0.2) is 36.4 Å². The molecule has 0 bridgehead atoms. The lowest BCUT2D eigenvalue weighted by atomic mass is 10.2. The molecule has 0 unspecified atom stereocenters. The van der Waals surface area contributed by atoms with Gasteiger partial charge in [0.1, 0.15) is 17.1 Å². The molecule has 0 aliphatic rings. The van der Waals surface area contributed by atoms with Crippen molar-refractivity contribution in [3.05, 3.63) is 52.5 Å². The van der Waals surface area contributed by atoms with Gasteiger partial charge in [-0.3, -0.25) is 4.79 Å². The summed E-state index contributed by atoms with van der Waals surface area (Å²) in [5, 5.41) is 3.04. The number of hydrogen-bond donors (Lipinski definition) is 1. The van der Waals surface area contributed by atoms with Gasteiger partial charge in [0.25, 0.3) is 5.91 Å². The minimum atomic E-state index is -3.10. The number of nitrogens with one attached hydrogen (secondary N) is 1. The Bertz CT molecular complexity index is 875. The van der Waals surface area contributed by atoms with Gasteiger partial charge in [0, 0.05) is 11.1 Å². The number of esters is 1. The summed E-state index contributed by atoms with van der Waals surface area (Å²) in [6, 6.07) is 8.51. The molecular weight excluding hydrogens is 396 g/mol. The normalized spacial score (nSPS) is 11.7. The predicted molar refractivity (Wildman–Crippen MR) is 99.3 cm³/mol. The van der Waals surface area contributed by atoms with Crippen LogP contribution in [0.3, 0.4) is 0 Å². The molecule has 0 heterocycles. The highest BCUT2D eigenvalue weighted by Crippen LogP contribution is 2.31. The van der Waals surface area contributed by atoms with Crippen molar-refractivity contribution in [1.82, 2.24) is 0 Å². The molecule has 1 amide bonds. The fourth-order valence-corrected chi connectivity index (χ4v) is 2.43. The Morgan fingerprint density at radius 1 is 1.14 bits per heavy atom. The zero-order chi connectivity index (χ0) is 20.8. The van der Waals surface area contributed by atoms with Gasteiger partial charge in [-0.25, -0.2) is 4.79 Å². The maximum Gasteiger partial charge on any atom is 0.387 e. The van der Waals surface area contributed by atoms with E-state index in [1.165, 1.54) is 38.3 Å². The summed E-state index contributed by atoms with van der Waals surface area (Å²) >= 11 is 6.02. The van der Waals surface area contributed by atoms with Crippen LogP contribution in [0.4, 0.5) is 14.5 Å². The van der Waals surface area contributed by atoms with Gasteiger partial charge in [-0.2, -0.15) is 8.78 Å². The van der Waals surface area contributed by atoms with E-state index in [9.17, 15) is 18.4 Å². The van der Waals surface area contributed by atoms with Gasteiger partial charge in [0.2, 0.25) is 0 Å². The summed E-state index contributed by atoms with van der Waals surface area (Å²) in [6.45, 7) is -0.00447. The van der Waals surface area contributed by atoms with E-state index in [0.29, 0.717) is 22.0 Å². The molecule has 1 atom stereocenters. The first kappa shape index (κ1) is 21.4. The molecule has 0 aliphatic carbocycles. The Morgan fingerprint density at radius 3 is 2.46 bits per heavy atom. The summed E-state index contributed by atoms with van der Waals surface area (Å²) in [6.07, 6.45) is -1.22. The van der Waals surface area contributed by atoms with E-state index >= 15 is 0 Å². The molecule has 0 aromatic heterocycles. The van der Waals surface area contributed by atoms with E-state index in [0.717, 1.165) is 0 Å². The van der Waals surface area contributed by atoms with Gasteiger partial charge in [0.15, 0.2) is 6.10 Å². The number of anilines is 1. The molecule has 150 valence electrons. The minimum absolute atomic E-state index is 0.220. The standard InChI is InChI=1S/C19H18ClF2NO5/c1-10-8-14(16(26-3)9-13(10)20)23-17(24)11(2)27-18(25)12-6-4-5-7-15(12)28-19(21)22/h4-9,11,19H,1-3H3,(H,23,24)/t11-/m0/s1. The van der Waals surface area contributed by atoms with Crippen molar-refractivity contribution in [2.24, 2.45) is 0 Å². The van der Waals surface area contributed by atoms with Gasteiger partial charge in [0.05, 0.1) is 12.8 Å². The van der Waals surface area contributed by atoms with Gasteiger partial charge in [-0.05, 0) is 37.6 Å². The van der Waals surface area contributed by atoms with Crippen molar-refractivity contribution in [1.29, 1.82) is 0 Å². The third kappa shape index (κ3) is 5.32. The lowest BCUT2D eigenvalue weighted by Gasteiger charge is -2.17. The minimum Gasteiger partial charge on any atom is -0.495 e. The average Bonchev–Trinajstić information content (AvgIpc) is 2.64. The Balaban J connectivity index is 2.11. The number of rotatable bonds is 7. The van der Waals surface area contributed by atoms with E-state index in [4.69, 9.17) is 21.1 Å². The number of alkyl halides is 2. The van der Waals surface area contributed by atoms with Crippen molar-refractivity contribution in [2.45, 2.75) is 26.6 Å². The molecule has 9 heteroatoms. The van der Waals surface area contributed by atoms with E-state index in [-0.39, 0.29) is 11.3 Å². The molecule has 1 N–H and O–H groups in total. The number of hydrogen-bond acceptors (Lipinski definition) is 5. The molecule has 0 saturated heterocycles. The number of carbonyl (C=O) groups excluding carboxylic acids is 2. The van der Waals surface area contributed by atoms with Gasteiger partial charge < -0.3 is 19.5 Å². The number of aryl methyl sites for hydroxylation is 1. The number of amides is 1. The summed E-state index contributed by atoms with van der Waals surface area (Å²) in [7, 11) is 1.42. The summed E-state index contributed by atoms with van der Waals surface area (Å²) in [5.74, 6) is -1.62. The largest absolute Gasteiger partial charge is 0.495 e. The van der Waals surface area contributed by atoms with Gasteiger partial charge in [-0.15, -0.1) is 0 Å². The van der Waals surface area contributed by atoms with Crippen LogP contribution in [0.1, 0.15) is 22.8 Å². The SMILES string of the molecule is COc1cc(Cl)c(C)cc1NC(=O)[C@H](C)OC(=O)c1ccccc1OC(F)F. The second-order valence-electron chi connectivity index (χ2n) is 5.71.